The van der Waals surface area contributed by atoms with E-state index in [2.05, 4.69) is 24.0 Å². The molecule has 2 heteroatoms. The first-order valence-electron chi connectivity index (χ1n) is 6.28. The second-order valence-corrected chi connectivity index (χ2v) is 5.02. The molecule has 1 saturated carbocycles. The van der Waals surface area contributed by atoms with Crippen molar-refractivity contribution in [2.45, 2.75) is 44.4 Å². The van der Waals surface area contributed by atoms with E-state index >= 15 is 0 Å². The minimum absolute atomic E-state index is 0.139. The third kappa shape index (κ3) is 2.59. The van der Waals surface area contributed by atoms with Crippen LogP contribution in [0, 0.1) is 0 Å². The Kier molecular flexibility index (Phi) is 3.65. The molecule has 1 aliphatic carbocycles. The van der Waals surface area contributed by atoms with E-state index in [0.29, 0.717) is 0 Å². The first-order valence-corrected chi connectivity index (χ1v) is 6.28. The van der Waals surface area contributed by atoms with E-state index in [4.69, 9.17) is 0 Å². The standard InChI is InChI=1S/C15H21NO/c1-12(2)15(17)10-6-9-14(15)16-11-13-7-4-3-5-8-13/h3-5,7-8,14,16-17H,1,6,9-11H2,2H3/t14-,15-/m1/s1. The summed E-state index contributed by atoms with van der Waals surface area (Å²) in [5.41, 5.74) is 1.42. The number of hydrogen-bond donors (Lipinski definition) is 2. The van der Waals surface area contributed by atoms with Crippen LogP contribution in [0.25, 0.3) is 0 Å². The molecule has 1 aromatic carbocycles. The van der Waals surface area contributed by atoms with E-state index in [-0.39, 0.29) is 6.04 Å². The molecule has 17 heavy (non-hydrogen) atoms. The maximum absolute atomic E-state index is 10.5. The molecule has 0 amide bonds. The third-order valence-electron chi connectivity index (χ3n) is 3.76. The Hall–Kier alpha value is -1.12. The van der Waals surface area contributed by atoms with E-state index in [0.717, 1.165) is 31.4 Å². The maximum Gasteiger partial charge on any atom is 0.100 e. The van der Waals surface area contributed by atoms with Crippen LogP contribution in [0.4, 0.5) is 0 Å². The van der Waals surface area contributed by atoms with Crippen LogP contribution in [-0.2, 0) is 6.54 Å². The summed E-state index contributed by atoms with van der Waals surface area (Å²) >= 11 is 0. The van der Waals surface area contributed by atoms with Gasteiger partial charge in [-0.3, -0.25) is 0 Å². The highest BCUT2D eigenvalue weighted by Crippen LogP contribution is 2.35. The van der Waals surface area contributed by atoms with Gasteiger partial charge in [-0.05, 0) is 37.3 Å². The number of aliphatic hydroxyl groups is 1. The Morgan fingerprint density at radius 2 is 2.18 bits per heavy atom. The van der Waals surface area contributed by atoms with E-state index in [1.807, 2.05) is 25.1 Å². The SMILES string of the molecule is C=C(C)[C@]1(O)CCC[C@H]1NCc1ccccc1. The summed E-state index contributed by atoms with van der Waals surface area (Å²) in [4.78, 5) is 0. The molecule has 1 fully saturated rings. The first kappa shape index (κ1) is 12.3. The molecule has 2 rings (SSSR count). The molecule has 0 spiro atoms. The predicted molar refractivity (Wildman–Crippen MR) is 70.7 cm³/mol. The Morgan fingerprint density at radius 1 is 1.47 bits per heavy atom. The van der Waals surface area contributed by atoms with Gasteiger partial charge in [0.1, 0.15) is 5.60 Å². The van der Waals surface area contributed by atoms with Gasteiger partial charge in [-0.15, -0.1) is 0 Å². The maximum atomic E-state index is 10.5. The van der Waals surface area contributed by atoms with Crippen LogP contribution in [0.5, 0.6) is 0 Å². The van der Waals surface area contributed by atoms with Gasteiger partial charge in [-0.1, -0.05) is 36.9 Å². The van der Waals surface area contributed by atoms with Gasteiger partial charge in [0.15, 0.2) is 0 Å². The lowest BCUT2D eigenvalue weighted by atomic mass is 9.90. The molecule has 92 valence electrons. The minimum atomic E-state index is -0.714. The van der Waals surface area contributed by atoms with Gasteiger partial charge in [0.05, 0.1) is 0 Å². The van der Waals surface area contributed by atoms with Crippen molar-refractivity contribution in [1.29, 1.82) is 0 Å². The molecule has 0 saturated heterocycles. The van der Waals surface area contributed by atoms with E-state index in [1.165, 1.54) is 5.56 Å². The van der Waals surface area contributed by atoms with Crippen molar-refractivity contribution in [2.24, 2.45) is 0 Å². The number of benzene rings is 1. The molecule has 2 N–H and O–H groups in total. The molecule has 0 unspecified atom stereocenters. The fourth-order valence-corrected chi connectivity index (χ4v) is 2.61. The Labute approximate surface area is 103 Å². The lowest BCUT2D eigenvalue weighted by Gasteiger charge is -2.31. The smallest absolute Gasteiger partial charge is 0.100 e. The van der Waals surface area contributed by atoms with Gasteiger partial charge >= 0.3 is 0 Å². The third-order valence-corrected chi connectivity index (χ3v) is 3.76. The van der Waals surface area contributed by atoms with Crippen molar-refractivity contribution in [2.75, 3.05) is 0 Å². The van der Waals surface area contributed by atoms with Gasteiger partial charge in [0.25, 0.3) is 0 Å². The molecular formula is C15H21NO. The van der Waals surface area contributed by atoms with Gasteiger partial charge < -0.3 is 10.4 Å². The number of rotatable bonds is 4. The monoisotopic (exact) mass is 231 g/mol. The van der Waals surface area contributed by atoms with E-state index in [1.54, 1.807) is 0 Å². The largest absolute Gasteiger partial charge is 0.384 e. The van der Waals surface area contributed by atoms with Crippen LogP contribution >= 0.6 is 0 Å². The van der Waals surface area contributed by atoms with Crippen molar-refractivity contribution >= 4 is 0 Å². The molecule has 0 aliphatic heterocycles. The second-order valence-electron chi connectivity index (χ2n) is 5.02. The van der Waals surface area contributed by atoms with Crippen molar-refractivity contribution in [3.05, 3.63) is 48.0 Å². The molecule has 1 aliphatic rings. The molecule has 0 bridgehead atoms. The molecule has 0 aromatic heterocycles. The fraction of sp³-hybridized carbons (Fsp3) is 0.467. The average molecular weight is 231 g/mol. The van der Waals surface area contributed by atoms with Gasteiger partial charge in [-0.2, -0.15) is 0 Å². The average Bonchev–Trinajstić information content (AvgIpc) is 2.71. The van der Waals surface area contributed by atoms with E-state index < -0.39 is 5.60 Å². The molecular weight excluding hydrogens is 210 g/mol. The lowest BCUT2D eigenvalue weighted by molar-refractivity contribution is 0.0567. The van der Waals surface area contributed by atoms with E-state index in [9.17, 15) is 5.11 Å². The highest BCUT2D eigenvalue weighted by Gasteiger charge is 2.41. The summed E-state index contributed by atoms with van der Waals surface area (Å²) in [5.74, 6) is 0. The molecule has 0 radical (unpaired) electrons. The number of nitrogens with one attached hydrogen (secondary N) is 1. The van der Waals surface area contributed by atoms with Gasteiger partial charge in [0, 0.05) is 12.6 Å². The molecule has 2 atom stereocenters. The molecule has 0 heterocycles. The van der Waals surface area contributed by atoms with Crippen LogP contribution in [0.3, 0.4) is 0 Å². The van der Waals surface area contributed by atoms with Crippen molar-refractivity contribution in [3.8, 4) is 0 Å². The minimum Gasteiger partial charge on any atom is -0.384 e. The summed E-state index contributed by atoms with van der Waals surface area (Å²) < 4.78 is 0. The van der Waals surface area contributed by atoms with Crippen LogP contribution < -0.4 is 5.32 Å². The highest BCUT2D eigenvalue weighted by atomic mass is 16.3. The summed E-state index contributed by atoms with van der Waals surface area (Å²) in [6.45, 7) is 6.65. The fourth-order valence-electron chi connectivity index (χ4n) is 2.61. The Bertz CT molecular complexity index is 387. The lowest BCUT2D eigenvalue weighted by Crippen LogP contribution is -2.47. The molecule has 2 nitrogen and oxygen atoms in total. The van der Waals surface area contributed by atoms with Gasteiger partial charge in [0.2, 0.25) is 0 Å². The zero-order valence-electron chi connectivity index (χ0n) is 10.4. The van der Waals surface area contributed by atoms with Crippen LogP contribution in [0.1, 0.15) is 31.7 Å². The van der Waals surface area contributed by atoms with Crippen molar-refractivity contribution in [3.63, 3.8) is 0 Å². The van der Waals surface area contributed by atoms with Crippen LogP contribution in [0.15, 0.2) is 42.5 Å². The molecule has 1 aromatic rings. The van der Waals surface area contributed by atoms with Crippen LogP contribution in [0.2, 0.25) is 0 Å². The van der Waals surface area contributed by atoms with Crippen molar-refractivity contribution in [1.82, 2.24) is 5.32 Å². The zero-order valence-corrected chi connectivity index (χ0v) is 10.4. The summed E-state index contributed by atoms with van der Waals surface area (Å²) in [7, 11) is 0. The van der Waals surface area contributed by atoms with Gasteiger partial charge in [-0.25, -0.2) is 0 Å². The summed E-state index contributed by atoms with van der Waals surface area (Å²) in [6.07, 6.45) is 2.92. The Morgan fingerprint density at radius 3 is 2.82 bits per heavy atom. The zero-order chi connectivity index (χ0) is 12.3. The highest BCUT2D eigenvalue weighted by molar-refractivity contribution is 5.19. The summed E-state index contributed by atoms with van der Waals surface area (Å²) in [5, 5.41) is 14.0. The topological polar surface area (TPSA) is 32.3 Å². The number of hydrogen-bond acceptors (Lipinski definition) is 2. The first-order chi connectivity index (χ1) is 8.13. The predicted octanol–water partition coefficient (Wildman–Crippen LogP) is 2.64. The quantitative estimate of drug-likeness (QED) is 0.781. The Balaban J connectivity index is 1.97. The summed E-state index contributed by atoms with van der Waals surface area (Å²) in [6, 6.07) is 10.4. The van der Waals surface area contributed by atoms with Crippen molar-refractivity contribution < 1.29 is 5.11 Å². The normalized spacial score (nSPS) is 28.2. The second kappa shape index (κ2) is 5.03. The van der Waals surface area contributed by atoms with Crippen LogP contribution in [-0.4, -0.2) is 16.7 Å².